The minimum absolute atomic E-state index is 0. The van der Waals surface area contributed by atoms with E-state index < -0.39 is 109 Å². The van der Waals surface area contributed by atoms with Crippen LogP contribution in [0.1, 0.15) is 132 Å². The zero-order valence-electron chi connectivity index (χ0n) is 54.1. The van der Waals surface area contributed by atoms with Crippen molar-refractivity contribution in [3.8, 4) is 44.5 Å². The molecule has 550 valence electrons. The average Bonchev–Trinajstić information content (AvgIpc) is 0.794. The van der Waals surface area contributed by atoms with Gasteiger partial charge in [-0.3, -0.25) is 40.5 Å². The number of anilines is 4. The van der Waals surface area contributed by atoms with Gasteiger partial charge in [-0.25, -0.2) is 38.4 Å². The molecule has 0 bridgehead atoms. The number of nitro groups is 4. The van der Waals surface area contributed by atoms with Crippen molar-refractivity contribution in [2.45, 2.75) is 49.5 Å². The second-order valence-electron chi connectivity index (χ2n) is 19.7. The Labute approximate surface area is 609 Å². The number of nitro benzene ring substituents is 4. The van der Waals surface area contributed by atoms with Gasteiger partial charge in [-0.2, -0.15) is 0 Å². The number of rotatable bonds is 20. The normalized spacial score (nSPS) is 9.77. The fourth-order valence-corrected chi connectivity index (χ4v) is 8.93. The summed E-state index contributed by atoms with van der Waals surface area (Å²) in [5, 5.41) is 88.1. The SMILES string of the molecule is C.C.CCO.CCOC(=O)c1cc(N)ccc1-c1ccc(N)cc1C(=O)OCC.CCOC(=O)c1cc([N+](=O)[O-])ccc1-c1ccc([N+](=O)[O-])cc1C(=O)OCC.Nc1ccc(-c2ccc(N)cc2C(=O)O)c(C(=O)O)c1.O=C(O)c1cc([N+](=O)[O-])ccc1-c1ccc([N+](=O)[O-])cc1C(=O)O.[Cl][Sn][Cl]. The number of non-ortho nitro benzene ring substituents is 4. The van der Waals surface area contributed by atoms with Crippen LogP contribution in [0.2, 0.25) is 0 Å². The molecule has 8 rings (SSSR count). The number of carbonyl (C=O) groups is 8. The Morgan fingerprint density at radius 2 is 0.481 bits per heavy atom. The van der Waals surface area contributed by atoms with Crippen LogP contribution in [-0.2, 0) is 18.9 Å². The molecule has 8 aromatic carbocycles. The number of aliphatic hydroxyl groups is 1. The van der Waals surface area contributed by atoms with E-state index in [9.17, 15) is 99.2 Å². The van der Waals surface area contributed by atoms with Crippen molar-refractivity contribution in [3.63, 3.8) is 0 Å². The van der Waals surface area contributed by atoms with Gasteiger partial charge >= 0.3 is 84.5 Å². The predicted octanol–water partition coefficient (Wildman–Crippen LogP) is 13.1. The third-order valence-electron chi connectivity index (χ3n) is 13.1. The Morgan fingerprint density at radius 3 is 0.654 bits per heavy atom. The Balaban J connectivity index is 0.000000674. The summed E-state index contributed by atoms with van der Waals surface area (Å²) in [4.78, 5) is 135. The van der Waals surface area contributed by atoms with Crippen molar-refractivity contribution in [1.82, 2.24) is 0 Å². The summed E-state index contributed by atoms with van der Waals surface area (Å²) in [5.41, 5.74) is 23.4. The number of nitrogens with two attached hydrogens (primary N) is 4. The van der Waals surface area contributed by atoms with Crippen LogP contribution in [0.5, 0.6) is 0 Å². The number of aromatic carboxylic acids is 4. The average molecular weight is 1590 g/mol. The van der Waals surface area contributed by atoms with Crippen molar-refractivity contribution in [2.75, 3.05) is 56.0 Å². The van der Waals surface area contributed by atoms with E-state index >= 15 is 0 Å². The number of halogens is 2. The molecular weight excluding hydrogens is 1520 g/mol. The standard InChI is InChI=1S/C18H16N2O8.C18H20N2O4.C14H8N2O8.C14H12N2O4.C2H6O.2CH4.2ClH.Sn/c1-3-27-17(21)15-9-11(19(23)24)5-7-13(15)14-8-6-12(20(25)26)10-16(14)18(22)28-4-2;1-3-23-17(21)15-9-11(19)5-7-13(15)14-8-6-12(20)10-16(14)18(22)24-4-2;17-13(18)11-5-7(15(21)22)1-3-9(11)10-4-2-8(16(23)24)6-12(10)14(19)20;15-7-1-3-9(11(5-7)13(17)18)10-4-2-8(16)6-12(10)14(19)20;1-2-3;;;;;/h5-10H,3-4H2,1-2H3;5-10H,3-4,19-20H2,1-2H3;1-6H,(H,17,18)(H,19,20);1-6H,15-16H2,(H,17,18)(H,19,20);3H,2H2,1H3;2*1H4;2*1H;/q;;;;;;;;;+2/p-2. The first-order chi connectivity index (χ1) is 48.2. The van der Waals surface area contributed by atoms with E-state index in [-0.39, 0.29) is 126 Å². The van der Waals surface area contributed by atoms with Gasteiger partial charge in [0.2, 0.25) is 0 Å². The number of carboxylic acid groups (broad SMARTS) is 4. The van der Waals surface area contributed by atoms with Gasteiger partial charge in [0.15, 0.2) is 0 Å². The van der Waals surface area contributed by atoms with Crippen LogP contribution < -0.4 is 22.9 Å². The molecule has 0 aliphatic heterocycles. The molecule has 0 heterocycles. The van der Waals surface area contributed by atoms with Crippen molar-refractivity contribution >= 4 is 130 Å². The van der Waals surface area contributed by atoms with Crippen molar-refractivity contribution in [3.05, 3.63) is 231 Å². The number of carboxylic acids is 4. The van der Waals surface area contributed by atoms with Crippen LogP contribution in [0.15, 0.2) is 146 Å². The van der Waals surface area contributed by atoms with E-state index in [0.717, 1.165) is 60.7 Å². The quantitative estimate of drug-likeness (QED) is 0.00854. The topological polar surface area (TPSA) is 551 Å². The van der Waals surface area contributed by atoms with E-state index in [1.807, 2.05) is 0 Å². The first-order valence-corrected chi connectivity index (χ1v) is 36.4. The molecule has 0 aliphatic carbocycles. The van der Waals surface area contributed by atoms with Crippen LogP contribution in [-0.4, -0.2) is 145 Å². The molecule has 0 aromatic heterocycles. The van der Waals surface area contributed by atoms with E-state index in [2.05, 4.69) is 0 Å². The number of ether oxygens (including phenoxy) is 4. The maximum atomic E-state index is 12.3. The summed E-state index contributed by atoms with van der Waals surface area (Å²) in [6.45, 7) is 9.06. The molecule has 0 fully saturated rings. The molecule has 0 saturated carbocycles. The first-order valence-electron chi connectivity index (χ1n) is 29.1. The van der Waals surface area contributed by atoms with E-state index in [1.165, 1.54) is 60.7 Å². The second kappa shape index (κ2) is 43.4. The monoisotopic (exact) mass is 1590 g/mol. The molecule has 0 unspecified atom stereocenters. The Morgan fingerprint density at radius 1 is 0.337 bits per heavy atom. The van der Waals surface area contributed by atoms with Crippen molar-refractivity contribution in [1.29, 1.82) is 0 Å². The summed E-state index contributed by atoms with van der Waals surface area (Å²) in [7, 11) is 9.87. The molecule has 33 nitrogen and oxygen atoms in total. The summed E-state index contributed by atoms with van der Waals surface area (Å²) < 4.78 is 20.1. The van der Waals surface area contributed by atoms with Gasteiger partial charge in [-0.1, -0.05) is 39.1 Å². The second-order valence-corrected chi connectivity index (χ2v) is 23.9. The minimum atomic E-state index is -1.50. The van der Waals surface area contributed by atoms with Crippen LogP contribution in [0.3, 0.4) is 0 Å². The maximum absolute atomic E-state index is 12.3. The van der Waals surface area contributed by atoms with Gasteiger partial charge in [-0.15, -0.1) is 0 Å². The molecule has 104 heavy (non-hydrogen) atoms. The van der Waals surface area contributed by atoms with Gasteiger partial charge in [0.05, 0.1) is 90.6 Å². The molecule has 2 radical (unpaired) electrons. The van der Waals surface area contributed by atoms with E-state index in [1.54, 1.807) is 58.9 Å². The number of nitrogens with zero attached hydrogens (tertiary/aromatic N) is 4. The fraction of sp³-hybridized carbons (Fsp3) is 0.176. The molecule has 0 aliphatic rings. The number of hydrogen-bond donors (Lipinski definition) is 9. The first kappa shape index (κ1) is 89.7. The zero-order chi connectivity index (χ0) is 76.8. The summed E-state index contributed by atoms with van der Waals surface area (Å²) in [6.07, 6.45) is 0. The predicted molar refractivity (Wildman–Crippen MR) is 387 cm³/mol. The molecular formula is C68H70Cl2N8O25Sn. The Bertz CT molecular complexity index is 4220. The third-order valence-corrected chi connectivity index (χ3v) is 13.1. The van der Waals surface area contributed by atoms with Crippen LogP contribution >= 0.6 is 17.8 Å². The van der Waals surface area contributed by atoms with Gasteiger partial charge in [-0.05, 0) is 152 Å². The molecule has 8 aromatic rings. The van der Waals surface area contributed by atoms with Crippen molar-refractivity contribution in [2.24, 2.45) is 0 Å². The number of esters is 4. The number of nitrogen functional groups attached to an aromatic ring is 4. The zero-order valence-corrected chi connectivity index (χ0v) is 58.5. The third kappa shape index (κ3) is 25.1. The molecule has 13 N–H and O–H groups in total. The molecule has 36 heteroatoms. The number of hydrogen-bond acceptors (Lipinski definition) is 25. The molecule has 0 spiro atoms. The molecule has 0 saturated heterocycles. The van der Waals surface area contributed by atoms with Gasteiger partial charge < -0.3 is 67.4 Å². The molecule has 0 atom stereocenters. The summed E-state index contributed by atoms with van der Waals surface area (Å²) >= 11 is -0.826. The van der Waals surface area contributed by atoms with Crippen LogP contribution in [0.25, 0.3) is 44.5 Å². The van der Waals surface area contributed by atoms with Crippen molar-refractivity contribution < 1.29 is 103 Å². The number of carbonyl (C=O) groups excluding carboxylic acids is 4. The Hall–Kier alpha value is -12.3. The summed E-state index contributed by atoms with van der Waals surface area (Å²) in [5.74, 6) is -8.02. The van der Waals surface area contributed by atoms with Crippen LogP contribution in [0, 0.1) is 40.5 Å². The fourth-order valence-electron chi connectivity index (χ4n) is 8.93. The van der Waals surface area contributed by atoms with Crippen LogP contribution in [0.4, 0.5) is 45.5 Å². The van der Waals surface area contributed by atoms with E-state index in [0.29, 0.717) is 33.9 Å². The van der Waals surface area contributed by atoms with E-state index in [4.69, 9.17) is 64.8 Å². The number of benzene rings is 8. The Kier molecular flexibility index (Phi) is 37.4. The molecule has 0 amide bonds. The van der Waals surface area contributed by atoms with Gasteiger partial charge in [0.1, 0.15) is 0 Å². The number of aliphatic hydroxyl groups excluding tert-OH is 1. The van der Waals surface area contributed by atoms with Gasteiger partial charge in [0.25, 0.3) is 22.7 Å². The summed E-state index contributed by atoms with van der Waals surface area (Å²) in [6, 6.07) is 31.1. The van der Waals surface area contributed by atoms with Gasteiger partial charge in [0, 0.05) is 77.9 Å².